The van der Waals surface area contributed by atoms with E-state index in [0.29, 0.717) is 5.88 Å². The van der Waals surface area contributed by atoms with Crippen LogP contribution in [0, 0.1) is 0 Å². The van der Waals surface area contributed by atoms with Gasteiger partial charge in [0.15, 0.2) is 0 Å². The third kappa shape index (κ3) is 1.90. The molecule has 4 nitrogen and oxygen atoms in total. The number of aromatic nitrogens is 1. The highest BCUT2D eigenvalue weighted by Crippen LogP contribution is 2.09. The fraction of sp³-hybridized carbons (Fsp3) is 0.222. The van der Waals surface area contributed by atoms with Crippen molar-refractivity contribution in [2.45, 2.75) is 12.8 Å². The Bertz CT molecular complexity index is 365. The van der Waals surface area contributed by atoms with Gasteiger partial charge in [-0.3, -0.25) is 0 Å². The number of hydrogen-bond acceptors (Lipinski definition) is 4. The van der Waals surface area contributed by atoms with Crippen LogP contribution < -0.4 is 5.73 Å². The zero-order valence-electron chi connectivity index (χ0n) is 7.06. The molecule has 0 amide bonds. The van der Waals surface area contributed by atoms with E-state index in [2.05, 4.69) is 5.16 Å². The smallest absolute Gasteiger partial charge is 0.222 e. The molecule has 0 aliphatic carbocycles. The van der Waals surface area contributed by atoms with E-state index in [9.17, 15) is 0 Å². The van der Waals surface area contributed by atoms with Crippen molar-refractivity contribution in [2.75, 3.05) is 5.73 Å². The van der Waals surface area contributed by atoms with Crippen molar-refractivity contribution in [1.29, 1.82) is 0 Å². The molecule has 2 aromatic rings. The number of rotatable bonds is 3. The summed E-state index contributed by atoms with van der Waals surface area (Å²) in [5.74, 6) is 1.30. The molecule has 0 aliphatic rings. The molecular weight excluding hydrogens is 168 g/mol. The van der Waals surface area contributed by atoms with Crippen LogP contribution in [0.4, 0.5) is 5.88 Å². The van der Waals surface area contributed by atoms with Gasteiger partial charge in [-0.15, -0.1) is 0 Å². The lowest BCUT2D eigenvalue weighted by atomic mass is 10.2. The number of nitrogens with zero attached hydrogens (tertiary/aromatic N) is 1. The maximum Gasteiger partial charge on any atom is 0.222 e. The Morgan fingerprint density at radius 2 is 2.31 bits per heavy atom. The molecule has 0 spiro atoms. The molecule has 2 rings (SSSR count). The first-order chi connectivity index (χ1) is 6.34. The summed E-state index contributed by atoms with van der Waals surface area (Å²) in [5, 5.41) is 3.77. The lowest BCUT2D eigenvalue weighted by Gasteiger charge is -1.91. The van der Waals surface area contributed by atoms with Gasteiger partial charge in [-0.05, 0) is 12.1 Å². The Morgan fingerprint density at radius 1 is 1.38 bits per heavy atom. The van der Waals surface area contributed by atoms with Gasteiger partial charge < -0.3 is 14.7 Å². The van der Waals surface area contributed by atoms with Crippen molar-refractivity contribution in [3.8, 4) is 0 Å². The summed E-state index contributed by atoms with van der Waals surface area (Å²) in [6, 6.07) is 5.53. The predicted octanol–water partition coefficient (Wildman–Crippen LogP) is 1.64. The molecule has 2 heterocycles. The van der Waals surface area contributed by atoms with Crippen molar-refractivity contribution in [1.82, 2.24) is 5.16 Å². The van der Waals surface area contributed by atoms with Crippen LogP contribution in [0.1, 0.15) is 11.5 Å². The molecule has 0 aliphatic heterocycles. The summed E-state index contributed by atoms with van der Waals surface area (Å²) in [6.07, 6.45) is 3.26. The highest BCUT2D eigenvalue weighted by molar-refractivity contribution is 5.24. The first kappa shape index (κ1) is 7.91. The first-order valence-corrected chi connectivity index (χ1v) is 4.08. The SMILES string of the molecule is Nc1cc(CCc2ccco2)no1. The largest absolute Gasteiger partial charge is 0.469 e. The van der Waals surface area contributed by atoms with E-state index in [1.54, 1.807) is 12.3 Å². The second-order valence-electron chi connectivity index (χ2n) is 2.80. The van der Waals surface area contributed by atoms with Crippen LogP contribution in [0.3, 0.4) is 0 Å². The zero-order valence-corrected chi connectivity index (χ0v) is 7.06. The maximum absolute atomic E-state index is 5.37. The van der Waals surface area contributed by atoms with Gasteiger partial charge in [0.1, 0.15) is 5.76 Å². The highest BCUT2D eigenvalue weighted by Gasteiger charge is 2.02. The quantitative estimate of drug-likeness (QED) is 0.775. The normalized spacial score (nSPS) is 10.5. The van der Waals surface area contributed by atoms with Crippen LogP contribution in [0.15, 0.2) is 33.4 Å². The molecule has 0 radical (unpaired) electrons. The molecule has 0 aromatic carbocycles. The standard InChI is InChI=1S/C9H10N2O2/c10-9-6-7(11-13-9)3-4-8-2-1-5-12-8/h1-2,5-6H,3-4,10H2. The molecule has 2 aromatic heterocycles. The average Bonchev–Trinajstić information content (AvgIpc) is 2.71. The minimum Gasteiger partial charge on any atom is -0.469 e. The van der Waals surface area contributed by atoms with Crippen molar-refractivity contribution in [3.05, 3.63) is 35.9 Å². The molecule has 13 heavy (non-hydrogen) atoms. The van der Waals surface area contributed by atoms with Gasteiger partial charge in [-0.2, -0.15) is 0 Å². The number of aryl methyl sites for hydroxylation is 2. The fourth-order valence-electron chi connectivity index (χ4n) is 1.15. The predicted molar refractivity (Wildman–Crippen MR) is 47.0 cm³/mol. The fourth-order valence-corrected chi connectivity index (χ4v) is 1.15. The average molecular weight is 178 g/mol. The molecule has 2 N–H and O–H groups in total. The van der Waals surface area contributed by atoms with Crippen molar-refractivity contribution < 1.29 is 8.94 Å². The molecule has 0 fully saturated rings. The van der Waals surface area contributed by atoms with Gasteiger partial charge in [0.2, 0.25) is 5.88 Å². The maximum atomic E-state index is 5.37. The van der Waals surface area contributed by atoms with Gasteiger partial charge in [0, 0.05) is 18.9 Å². The van der Waals surface area contributed by atoms with Gasteiger partial charge in [0.05, 0.1) is 12.0 Å². The summed E-state index contributed by atoms with van der Waals surface area (Å²) in [5.41, 5.74) is 6.23. The number of hydrogen-bond donors (Lipinski definition) is 1. The van der Waals surface area contributed by atoms with Crippen LogP contribution >= 0.6 is 0 Å². The molecule has 0 bridgehead atoms. The number of furan rings is 1. The minimum atomic E-state index is 0.356. The Labute approximate surface area is 75.3 Å². The molecular formula is C9H10N2O2. The zero-order chi connectivity index (χ0) is 9.10. The van der Waals surface area contributed by atoms with Gasteiger partial charge in [-0.25, -0.2) is 0 Å². The lowest BCUT2D eigenvalue weighted by molar-refractivity contribution is 0.425. The lowest BCUT2D eigenvalue weighted by Crippen LogP contribution is -1.88. The molecule has 0 atom stereocenters. The molecule has 68 valence electrons. The van der Waals surface area contributed by atoms with E-state index in [1.807, 2.05) is 12.1 Å². The van der Waals surface area contributed by atoms with Crippen LogP contribution in [-0.2, 0) is 12.8 Å². The van der Waals surface area contributed by atoms with E-state index < -0.39 is 0 Å². The van der Waals surface area contributed by atoms with E-state index in [-0.39, 0.29) is 0 Å². The number of nitrogens with two attached hydrogens (primary N) is 1. The molecule has 4 heteroatoms. The summed E-state index contributed by atoms with van der Waals surface area (Å²) in [7, 11) is 0. The van der Waals surface area contributed by atoms with Crippen molar-refractivity contribution in [2.24, 2.45) is 0 Å². The minimum absolute atomic E-state index is 0.356. The number of nitrogen functional groups attached to an aromatic ring is 1. The van der Waals surface area contributed by atoms with Crippen LogP contribution in [0.5, 0.6) is 0 Å². The second kappa shape index (κ2) is 3.35. The van der Waals surface area contributed by atoms with E-state index in [4.69, 9.17) is 14.7 Å². The Morgan fingerprint density at radius 3 is 2.92 bits per heavy atom. The van der Waals surface area contributed by atoms with E-state index >= 15 is 0 Å². The Balaban J connectivity index is 1.93. The summed E-state index contributed by atoms with van der Waals surface area (Å²) < 4.78 is 9.90. The van der Waals surface area contributed by atoms with E-state index in [1.165, 1.54) is 0 Å². The molecule has 0 saturated carbocycles. The Hall–Kier alpha value is -1.71. The van der Waals surface area contributed by atoms with Gasteiger partial charge >= 0.3 is 0 Å². The molecule has 0 saturated heterocycles. The summed E-state index contributed by atoms with van der Waals surface area (Å²) >= 11 is 0. The Kier molecular flexibility index (Phi) is 2.04. The van der Waals surface area contributed by atoms with E-state index in [0.717, 1.165) is 24.3 Å². The highest BCUT2D eigenvalue weighted by atomic mass is 16.5. The number of anilines is 1. The molecule has 0 unspecified atom stereocenters. The van der Waals surface area contributed by atoms with Gasteiger partial charge in [0.25, 0.3) is 0 Å². The monoisotopic (exact) mass is 178 g/mol. The van der Waals surface area contributed by atoms with Crippen LogP contribution in [0.2, 0.25) is 0 Å². The third-order valence-electron chi connectivity index (χ3n) is 1.78. The van der Waals surface area contributed by atoms with Crippen molar-refractivity contribution >= 4 is 5.88 Å². The van der Waals surface area contributed by atoms with Gasteiger partial charge in [-0.1, -0.05) is 5.16 Å². The first-order valence-electron chi connectivity index (χ1n) is 4.08. The van der Waals surface area contributed by atoms with Crippen LogP contribution in [-0.4, -0.2) is 5.16 Å². The second-order valence-corrected chi connectivity index (χ2v) is 2.80. The summed E-state index contributed by atoms with van der Waals surface area (Å²) in [6.45, 7) is 0. The topological polar surface area (TPSA) is 65.2 Å². The summed E-state index contributed by atoms with van der Waals surface area (Å²) in [4.78, 5) is 0. The van der Waals surface area contributed by atoms with Crippen LogP contribution in [0.25, 0.3) is 0 Å². The van der Waals surface area contributed by atoms with Crippen molar-refractivity contribution in [3.63, 3.8) is 0 Å². The third-order valence-corrected chi connectivity index (χ3v) is 1.78.